The van der Waals surface area contributed by atoms with Crippen LogP contribution in [0.4, 0.5) is 0 Å². The fourth-order valence-corrected chi connectivity index (χ4v) is 0.986. The Balaban J connectivity index is 3.27. The van der Waals surface area contributed by atoms with Gasteiger partial charge in [-0.2, -0.15) is 0 Å². The SMILES string of the molecule is CCC[CH]C(C)C=CCCC. The van der Waals surface area contributed by atoms with Gasteiger partial charge < -0.3 is 0 Å². The third-order valence-electron chi connectivity index (χ3n) is 1.72. The lowest BCUT2D eigenvalue weighted by Gasteiger charge is -2.02. The van der Waals surface area contributed by atoms with Crippen LogP contribution in [0.15, 0.2) is 12.2 Å². The van der Waals surface area contributed by atoms with E-state index in [1.54, 1.807) is 0 Å². The molecule has 0 aromatic rings. The maximum Gasteiger partial charge on any atom is -0.0231 e. The minimum Gasteiger partial charge on any atom is -0.0883 e. The fraction of sp³-hybridized carbons (Fsp3) is 0.727. The summed E-state index contributed by atoms with van der Waals surface area (Å²) in [7, 11) is 0. The molecule has 1 atom stereocenters. The zero-order chi connectivity index (χ0) is 8.53. The third kappa shape index (κ3) is 7.64. The predicted octanol–water partition coefficient (Wildman–Crippen LogP) is 3.98. The van der Waals surface area contributed by atoms with Crippen LogP contribution in [0.1, 0.15) is 46.5 Å². The van der Waals surface area contributed by atoms with E-state index in [1.807, 2.05) is 0 Å². The van der Waals surface area contributed by atoms with Gasteiger partial charge in [0.15, 0.2) is 0 Å². The second kappa shape index (κ2) is 7.84. The molecule has 1 unspecified atom stereocenters. The molecule has 0 N–H and O–H groups in total. The van der Waals surface area contributed by atoms with E-state index in [-0.39, 0.29) is 0 Å². The Kier molecular flexibility index (Phi) is 7.66. The quantitative estimate of drug-likeness (QED) is 0.506. The molecule has 0 aromatic heterocycles. The topological polar surface area (TPSA) is 0 Å². The minimum absolute atomic E-state index is 0.668. The maximum absolute atomic E-state index is 2.38. The molecule has 0 saturated carbocycles. The van der Waals surface area contributed by atoms with Crippen molar-refractivity contribution in [1.82, 2.24) is 0 Å². The average Bonchev–Trinajstić information content (AvgIpc) is 2.01. The van der Waals surface area contributed by atoms with E-state index >= 15 is 0 Å². The second-order valence-electron chi connectivity index (χ2n) is 3.10. The summed E-state index contributed by atoms with van der Waals surface area (Å²) in [6, 6.07) is 0. The first-order valence-electron chi connectivity index (χ1n) is 4.81. The largest absolute Gasteiger partial charge is 0.0883 e. The van der Waals surface area contributed by atoms with E-state index in [9.17, 15) is 0 Å². The highest BCUT2D eigenvalue weighted by molar-refractivity contribution is 4.92. The van der Waals surface area contributed by atoms with E-state index < -0.39 is 0 Å². The summed E-state index contributed by atoms with van der Waals surface area (Å²) in [6.07, 6.45) is 12.0. The van der Waals surface area contributed by atoms with Gasteiger partial charge in [-0.05, 0) is 25.2 Å². The molecule has 0 aromatic carbocycles. The Labute approximate surface area is 71.7 Å². The van der Waals surface area contributed by atoms with Gasteiger partial charge in [-0.15, -0.1) is 0 Å². The Bertz CT molecular complexity index is 92.2. The molecule has 0 aliphatic rings. The zero-order valence-corrected chi connectivity index (χ0v) is 8.14. The third-order valence-corrected chi connectivity index (χ3v) is 1.72. The van der Waals surface area contributed by atoms with Gasteiger partial charge in [0.2, 0.25) is 0 Å². The number of allylic oxidation sites excluding steroid dienone is 2. The summed E-state index contributed by atoms with van der Waals surface area (Å²) < 4.78 is 0. The van der Waals surface area contributed by atoms with E-state index in [0.717, 1.165) is 0 Å². The molecule has 0 rings (SSSR count). The van der Waals surface area contributed by atoms with E-state index in [1.165, 1.54) is 25.7 Å². The van der Waals surface area contributed by atoms with Gasteiger partial charge in [0, 0.05) is 0 Å². The molecule has 0 bridgehead atoms. The van der Waals surface area contributed by atoms with E-state index in [2.05, 4.69) is 39.3 Å². The van der Waals surface area contributed by atoms with Crippen LogP contribution < -0.4 is 0 Å². The Morgan fingerprint density at radius 2 is 1.73 bits per heavy atom. The molecule has 0 aliphatic heterocycles. The maximum atomic E-state index is 2.38. The molecule has 0 amide bonds. The van der Waals surface area contributed by atoms with Crippen molar-refractivity contribution in [2.75, 3.05) is 0 Å². The first-order valence-corrected chi connectivity index (χ1v) is 4.81. The molecule has 0 spiro atoms. The second-order valence-corrected chi connectivity index (χ2v) is 3.10. The molecule has 65 valence electrons. The Morgan fingerprint density at radius 3 is 2.27 bits per heavy atom. The van der Waals surface area contributed by atoms with Crippen molar-refractivity contribution in [3.63, 3.8) is 0 Å². The first-order chi connectivity index (χ1) is 5.31. The molecule has 0 saturated heterocycles. The van der Waals surface area contributed by atoms with Crippen LogP contribution in [0.3, 0.4) is 0 Å². The van der Waals surface area contributed by atoms with Gasteiger partial charge in [-0.3, -0.25) is 0 Å². The lowest BCUT2D eigenvalue weighted by molar-refractivity contribution is 0.747. The van der Waals surface area contributed by atoms with Gasteiger partial charge in [0.1, 0.15) is 0 Å². The van der Waals surface area contributed by atoms with Gasteiger partial charge in [-0.1, -0.05) is 45.8 Å². The highest BCUT2D eigenvalue weighted by Gasteiger charge is 1.94. The number of rotatable bonds is 6. The van der Waals surface area contributed by atoms with E-state index in [4.69, 9.17) is 0 Å². The highest BCUT2D eigenvalue weighted by atomic mass is 14.0. The molecule has 0 heteroatoms. The Hall–Kier alpha value is -0.260. The number of unbranched alkanes of at least 4 members (excludes halogenated alkanes) is 2. The van der Waals surface area contributed by atoms with Crippen LogP contribution >= 0.6 is 0 Å². The smallest absolute Gasteiger partial charge is 0.0231 e. The van der Waals surface area contributed by atoms with Gasteiger partial charge >= 0.3 is 0 Å². The van der Waals surface area contributed by atoms with Crippen molar-refractivity contribution in [2.24, 2.45) is 5.92 Å². The van der Waals surface area contributed by atoms with Crippen molar-refractivity contribution in [2.45, 2.75) is 46.5 Å². The van der Waals surface area contributed by atoms with Crippen molar-refractivity contribution in [3.05, 3.63) is 18.6 Å². The molecule has 0 fully saturated rings. The average molecular weight is 153 g/mol. The molecule has 0 nitrogen and oxygen atoms in total. The normalized spacial score (nSPS) is 14.1. The highest BCUT2D eigenvalue weighted by Crippen LogP contribution is 2.07. The van der Waals surface area contributed by atoms with Crippen molar-refractivity contribution < 1.29 is 0 Å². The molecule has 1 radical (unpaired) electrons. The van der Waals surface area contributed by atoms with Gasteiger partial charge in [0.05, 0.1) is 0 Å². The van der Waals surface area contributed by atoms with Gasteiger partial charge in [-0.25, -0.2) is 0 Å². The van der Waals surface area contributed by atoms with Crippen LogP contribution in [0, 0.1) is 12.3 Å². The number of hydrogen-bond donors (Lipinski definition) is 0. The zero-order valence-electron chi connectivity index (χ0n) is 8.14. The summed E-state index contributed by atoms with van der Waals surface area (Å²) >= 11 is 0. The van der Waals surface area contributed by atoms with Gasteiger partial charge in [0.25, 0.3) is 0 Å². The monoisotopic (exact) mass is 153 g/mol. The first kappa shape index (κ1) is 10.7. The summed E-state index contributed by atoms with van der Waals surface area (Å²) in [5.74, 6) is 0.668. The molecule has 11 heavy (non-hydrogen) atoms. The predicted molar refractivity (Wildman–Crippen MR) is 52.4 cm³/mol. The summed E-state index contributed by atoms with van der Waals surface area (Å²) in [5, 5.41) is 0. The van der Waals surface area contributed by atoms with Crippen LogP contribution in [0.25, 0.3) is 0 Å². The van der Waals surface area contributed by atoms with Crippen molar-refractivity contribution >= 4 is 0 Å². The van der Waals surface area contributed by atoms with Crippen molar-refractivity contribution in [1.29, 1.82) is 0 Å². The van der Waals surface area contributed by atoms with E-state index in [0.29, 0.717) is 5.92 Å². The number of hydrogen-bond acceptors (Lipinski definition) is 0. The summed E-state index contributed by atoms with van der Waals surface area (Å²) in [5.41, 5.74) is 0. The van der Waals surface area contributed by atoms with Crippen LogP contribution in [0.2, 0.25) is 0 Å². The lowest BCUT2D eigenvalue weighted by Crippen LogP contribution is -1.89. The van der Waals surface area contributed by atoms with Crippen LogP contribution in [-0.2, 0) is 0 Å². The minimum atomic E-state index is 0.668. The summed E-state index contributed by atoms with van der Waals surface area (Å²) in [6.45, 7) is 6.69. The fourth-order valence-electron chi connectivity index (χ4n) is 0.986. The van der Waals surface area contributed by atoms with Crippen molar-refractivity contribution in [3.8, 4) is 0 Å². The van der Waals surface area contributed by atoms with Crippen LogP contribution in [0.5, 0.6) is 0 Å². The Morgan fingerprint density at radius 1 is 1.09 bits per heavy atom. The summed E-state index contributed by atoms with van der Waals surface area (Å²) in [4.78, 5) is 0. The molecular weight excluding hydrogens is 132 g/mol. The lowest BCUT2D eigenvalue weighted by atomic mass is 10.0. The standard InChI is InChI=1S/C11H21/c1-4-6-8-10-11(3)9-7-5-2/h8-11H,4-7H2,1-3H3. The molecular formula is C11H21. The molecule has 0 heterocycles. The molecule has 0 aliphatic carbocycles. The van der Waals surface area contributed by atoms with Crippen LogP contribution in [-0.4, -0.2) is 0 Å².